The summed E-state index contributed by atoms with van der Waals surface area (Å²) in [7, 11) is 11.0. The van der Waals surface area contributed by atoms with Crippen LogP contribution in [0.1, 0.15) is 30.1 Å². The molecule has 1 aliphatic rings. The van der Waals surface area contributed by atoms with Crippen LogP contribution in [0.2, 0.25) is 0 Å². The van der Waals surface area contributed by atoms with Crippen LogP contribution in [0.25, 0.3) is 6.08 Å². The summed E-state index contributed by atoms with van der Waals surface area (Å²) in [5, 5.41) is 1.23. The van der Waals surface area contributed by atoms with Gasteiger partial charge in [-0.2, -0.15) is 0 Å². The Morgan fingerprint density at radius 2 is 1.93 bits per heavy atom. The Bertz CT molecular complexity index is 852. The van der Waals surface area contributed by atoms with Crippen molar-refractivity contribution < 1.29 is 9.05 Å². The van der Waals surface area contributed by atoms with Crippen molar-refractivity contribution in [1.82, 2.24) is 4.98 Å². The standard InChI is InChI=1S/C22H32N4S/c1-17-15-18(16-22-25(3)19-11-7-8-12-20(19)27-22)23-21(24(17)2)13-9-10-14-26(4,5)6/h7-8,11-12,15-16H,9-10,13-14H2,1-6H3/q+2. The van der Waals surface area contributed by atoms with Gasteiger partial charge in [0.15, 0.2) is 5.69 Å². The van der Waals surface area contributed by atoms with Gasteiger partial charge >= 0.3 is 0 Å². The monoisotopic (exact) mass is 384 g/mol. The van der Waals surface area contributed by atoms with E-state index >= 15 is 0 Å². The lowest BCUT2D eigenvalue weighted by Gasteiger charge is -2.23. The van der Waals surface area contributed by atoms with Crippen molar-refractivity contribution >= 4 is 23.5 Å². The van der Waals surface area contributed by atoms with Crippen LogP contribution in [0.5, 0.6) is 0 Å². The molecule has 1 aromatic carbocycles. The van der Waals surface area contributed by atoms with Crippen LogP contribution in [0.4, 0.5) is 5.69 Å². The lowest BCUT2D eigenvalue weighted by Crippen LogP contribution is -2.39. The summed E-state index contributed by atoms with van der Waals surface area (Å²) in [4.78, 5) is 8.53. The Labute approximate surface area is 168 Å². The van der Waals surface area contributed by atoms with Gasteiger partial charge in [0.25, 0.3) is 5.82 Å². The quantitative estimate of drug-likeness (QED) is 0.429. The highest BCUT2D eigenvalue weighted by molar-refractivity contribution is 8.03. The predicted molar refractivity (Wildman–Crippen MR) is 115 cm³/mol. The molecule has 0 fully saturated rings. The number of anilines is 1. The van der Waals surface area contributed by atoms with Crippen LogP contribution >= 0.6 is 11.8 Å². The van der Waals surface area contributed by atoms with E-state index in [1.807, 2.05) is 11.8 Å². The molecule has 2 aromatic rings. The Balaban J connectivity index is 1.76. The lowest BCUT2D eigenvalue weighted by atomic mass is 10.2. The number of unbranched alkanes of at least 4 members (excludes halogenated alkanes) is 1. The summed E-state index contributed by atoms with van der Waals surface area (Å²) in [5.41, 5.74) is 3.57. The van der Waals surface area contributed by atoms with Gasteiger partial charge in [-0.3, -0.25) is 0 Å². The number of aryl methyl sites for hydroxylation is 2. The van der Waals surface area contributed by atoms with Gasteiger partial charge in [0.1, 0.15) is 5.69 Å². The highest BCUT2D eigenvalue weighted by atomic mass is 32.2. The molecule has 0 amide bonds. The van der Waals surface area contributed by atoms with Crippen LogP contribution in [0.15, 0.2) is 40.3 Å². The Kier molecular flexibility index (Phi) is 5.92. The van der Waals surface area contributed by atoms with E-state index in [0.29, 0.717) is 0 Å². The third kappa shape index (κ3) is 4.90. The fourth-order valence-corrected chi connectivity index (χ4v) is 4.41. The number of quaternary nitrogens is 1. The molecule has 4 nitrogen and oxygen atoms in total. The van der Waals surface area contributed by atoms with E-state index in [-0.39, 0.29) is 0 Å². The minimum Gasteiger partial charge on any atom is -0.338 e. The predicted octanol–water partition coefficient (Wildman–Crippen LogP) is 3.78. The van der Waals surface area contributed by atoms with E-state index in [0.717, 1.165) is 16.6 Å². The maximum Gasteiger partial charge on any atom is 0.299 e. The second-order valence-corrected chi connectivity index (χ2v) is 9.44. The molecule has 0 saturated carbocycles. The van der Waals surface area contributed by atoms with Gasteiger partial charge in [0.2, 0.25) is 0 Å². The Morgan fingerprint density at radius 1 is 1.19 bits per heavy atom. The van der Waals surface area contributed by atoms with Crippen molar-refractivity contribution in [1.29, 1.82) is 0 Å². The first-order valence-corrected chi connectivity index (χ1v) is 10.5. The Hall–Kier alpha value is -1.85. The van der Waals surface area contributed by atoms with Gasteiger partial charge in [-0.05, 0) is 36.9 Å². The van der Waals surface area contributed by atoms with Crippen molar-refractivity contribution in [2.75, 3.05) is 39.6 Å². The summed E-state index contributed by atoms with van der Waals surface area (Å²) in [5.74, 6) is 1.17. The molecular formula is C22H32N4S+2. The highest BCUT2D eigenvalue weighted by Gasteiger charge is 2.23. The summed E-state index contributed by atoms with van der Waals surface area (Å²) in [6, 6.07) is 10.7. The summed E-state index contributed by atoms with van der Waals surface area (Å²) in [6.45, 7) is 3.37. The van der Waals surface area contributed by atoms with Crippen molar-refractivity contribution in [3.8, 4) is 0 Å². The molecule has 0 radical (unpaired) electrons. The van der Waals surface area contributed by atoms with Crippen molar-refractivity contribution in [2.24, 2.45) is 7.05 Å². The number of aromatic nitrogens is 2. The minimum absolute atomic E-state index is 1.02. The zero-order valence-corrected chi connectivity index (χ0v) is 18.3. The van der Waals surface area contributed by atoms with E-state index in [2.05, 4.69) is 88.0 Å². The Morgan fingerprint density at radius 3 is 2.63 bits per heavy atom. The molecule has 0 atom stereocenters. The summed E-state index contributed by atoms with van der Waals surface area (Å²) < 4.78 is 3.25. The molecule has 0 spiro atoms. The van der Waals surface area contributed by atoms with Gasteiger partial charge in [0, 0.05) is 24.1 Å². The number of hydrogen-bond donors (Lipinski definition) is 0. The lowest BCUT2D eigenvalue weighted by molar-refractivity contribution is -0.870. The molecule has 5 heteroatoms. The smallest absolute Gasteiger partial charge is 0.299 e. The first-order chi connectivity index (χ1) is 12.7. The number of nitrogens with zero attached hydrogens (tertiary/aromatic N) is 4. The van der Waals surface area contributed by atoms with Crippen LogP contribution in [-0.4, -0.2) is 44.2 Å². The summed E-state index contributed by atoms with van der Waals surface area (Å²) in [6.07, 6.45) is 5.64. The molecule has 3 rings (SSSR count). The number of para-hydroxylation sites is 1. The van der Waals surface area contributed by atoms with Crippen molar-refractivity contribution in [3.05, 3.63) is 52.6 Å². The summed E-state index contributed by atoms with van der Waals surface area (Å²) >= 11 is 1.82. The molecule has 2 heterocycles. The fourth-order valence-electron chi connectivity index (χ4n) is 3.31. The third-order valence-corrected chi connectivity index (χ3v) is 6.22. The SMILES string of the molecule is Cc1cc(/C=C2\Sc3ccccc3N2C)nc(CCCC[N+](C)(C)C)[n+]1C. The zero-order valence-electron chi connectivity index (χ0n) is 17.5. The van der Waals surface area contributed by atoms with Crippen LogP contribution in [0.3, 0.4) is 0 Å². The number of hydrogen-bond acceptors (Lipinski definition) is 3. The van der Waals surface area contributed by atoms with Crippen molar-refractivity contribution in [2.45, 2.75) is 31.1 Å². The maximum absolute atomic E-state index is 4.97. The number of rotatable bonds is 6. The van der Waals surface area contributed by atoms with E-state index in [9.17, 15) is 0 Å². The first kappa shape index (κ1) is 19.9. The van der Waals surface area contributed by atoms with Gasteiger partial charge in [0.05, 0.1) is 51.9 Å². The number of benzene rings is 1. The van der Waals surface area contributed by atoms with Crippen LogP contribution in [0, 0.1) is 6.92 Å². The second-order valence-electron chi connectivity index (χ2n) is 8.38. The molecule has 144 valence electrons. The van der Waals surface area contributed by atoms with E-state index < -0.39 is 0 Å². The van der Waals surface area contributed by atoms with Crippen LogP contribution in [-0.2, 0) is 13.5 Å². The molecule has 1 aromatic heterocycles. The van der Waals surface area contributed by atoms with Crippen LogP contribution < -0.4 is 9.47 Å². The normalized spacial score (nSPS) is 15.5. The largest absolute Gasteiger partial charge is 0.338 e. The van der Waals surface area contributed by atoms with Crippen molar-refractivity contribution in [3.63, 3.8) is 0 Å². The van der Waals surface area contributed by atoms with Gasteiger partial charge in [-0.15, -0.1) is 0 Å². The zero-order chi connectivity index (χ0) is 19.6. The molecule has 0 unspecified atom stereocenters. The molecule has 0 N–H and O–H groups in total. The maximum atomic E-state index is 4.97. The van der Waals surface area contributed by atoms with E-state index in [4.69, 9.17) is 4.98 Å². The fraction of sp³-hybridized carbons (Fsp3) is 0.455. The van der Waals surface area contributed by atoms with Gasteiger partial charge in [-0.25, -0.2) is 4.57 Å². The first-order valence-electron chi connectivity index (χ1n) is 9.64. The van der Waals surface area contributed by atoms with E-state index in [1.165, 1.54) is 46.5 Å². The average Bonchev–Trinajstić information content (AvgIpc) is 2.91. The van der Waals surface area contributed by atoms with E-state index in [1.54, 1.807) is 0 Å². The molecule has 0 aliphatic carbocycles. The number of thioether (sulfide) groups is 1. The topological polar surface area (TPSA) is 20.0 Å². The third-order valence-electron chi connectivity index (χ3n) is 5.05. The average molecular weight is 385 g/mol. The number of fused-ring (bicyclic) bond motifs is 1. The molecule has 27 heavy (non-hydrogen) atoms. The molecule has 0 saturated heterocycles. The van der Waals surface area contributed by atoms with Gasteiger partial charge in [-0.1, -0.05) is 23.9 Å². The molecule has 0 bridgehead atoms. The molecular weight excluding hydrogens is 352 g/mol. The minimum atomic E-state index is 1.02. The second kappa shape index (κ2) is 8.03. The van der Waals surface area contributed by atoms with Gasteiger partial charge < -0.3 is 9.38 Å². The highest BCUT2D eigenvalue weighted by Crippen LogP contribution is 2.45. The molecule has 1 aliphatic heterocycles.